The van der Waals surface area contributed by atoms with Crippen LogP contribution in [0, 0.1) is 0 Å². The molecule has 0 aromatic heterocycles. The highest BCUT2D eigenvalue weighted by Gasteiger charge is 2.16. The fourth-order valence-electron chi connectivity index (χ4n) is 9.86. The molecule has 0 aromatic rings. The minimum atomic E-state index is -0.772. The molecule has 0 rings (SSSR count). The molecule has 0 aliphatic heterocycles. The molecule has 0 fully saturated rings. The van der Waals surface area contributed by atoms with Crippen LogP contribution >= 0.6 is 0 Å². The molecule has 0 aromatic carbocycles. The average molecular weight is 1050 g/mol. The summed E-state index contributed by atoms with van der Waals surface area (Å²) in [7, 11) is 0. The zero-order chi connectivity index (χ0) is 54.1. The minimum Gasteiger partial charge on any atom is -0.462 e. The molecule has 0 heterocycles. The highest BCUT2D eigenvalue weighted by Crippen LogP contribution is 2.18. The van der Waals surface area contributed by atoms with Gasteiger partial charge in [0.1, 0.15) is 6.61 Å². The summed E-state index contributed by atoms with van der Waals surface area (Å²) < 4.78 is 10.8. The van der Waals surface area contributed by atoms with Gasteiger partial charge in [-0.25, -0.2) is 0 Å². The Morgan fingerprint density at radius 1 is 0.320 bits per heavy atom. The standard InChI is InChI=1S/C70H126O5/c1-3-5-7-9-11-13-15-17-19-21-23-25-27-29-30-31-32-33-34-35-36-37-38-39-40-41-43-45-47-49-51-53-55-57-59-61-63-65-70(73)75-68(66-71)67-74-69(72)64-62-60-58-56-54-52-50-48-46-44-42-28-26-24-22-20-18-16-14-12-10-8-6-4-2/h5,7,11,13,17,19,23,25,29-30,32-33,68,71H,3-4,6,8-10,12,14-16,18,20-22,24,26-28,31,34-67H2,1-2H3/b7-5-,13-11-,19-17-,25-23-,30-29-,33-32-. The third-order valence-corrected chi connectivity index (χ3v) is 14.8. The fraction of sp³-hybridized carbons (Fsp3) is 0.800. The van der Waals surface area contributed by atoms with Crippen LogP contribution in [0.25, 0.3) is 0 Å². The van der Waals surface area contributed by atoms with E-state index >= 15 is 0 Å². The van der Waals surface area contributed by atoms with Gasteiger partial charge in [-0.05, 0) is 64.2 Å². The molecule has 0 aliphatic rings. The van der Waals surface area contributed by atoms with Gasteiger partial charge in [-0.2, -0.15) is 0 Å². The summed E-state index contributed by atoms with van der Waals surface area (Å²) in [6.45, 7) is 4.08. The van der Waals surface area contributed by atoms with Crippen LogP contribution < -0.4 is 0 Å². The fourth-order valence-corrected chi connectivity index (χ4v) is 9.86. The first-order valence-electron chi connectivity index (χ1n) is 33.0. The molecule has 0 saturated heterocycles. The van der Waals surface area contributed by atoms with E-state index < -0.39 is 6.10 Å². The summed E-state index contributed by atoms with van der Waals surface area (Å²) in [6.07, 6.45) is 90.6. The number of aliphatic hydroxyl groups excluding tert-OH is 1. The molecule has 0 radical (unpaired) electrons. The van der Waals surface area contributed by atoms with Crippen molar-refractivity contribution >= 4 is 11.9 Å². The first kappa shape index (κ1) is 72.3. The molecule has 1 N–H and O–H groups in total. The van der Waals surface area contributed by atoms with Crippen molar-refractivity contribution in [2.75, 3.05) is 13.2 Å². The molecule has 5 nitrogen and oxygen atoms in total. The monoisotopic (exact) mass is 1050 g/mol. The molecule has 436 valence electrons. The summed E-state index contributed by atoms with van der Waals surface area (Å²) >= 11 is 0. The maximum Gasteiger partial charge on any atom is 0.306 e. The van der Waals surface area contributed by atoms with Crippen LogP contribution in [0.3, 0.4) is 0 Å². The second kappa shape index (κ2) is 65.6. The van der Waals surface area contributed by atoms with Gasteiger partial charge in [0.05, 0.1) is 6.61 Å². The first-order chi connectivity index (χ1) is 37.1. The molecule has 0 saturated carbocycles. The summed E-state index contributed by atoms with van der Waals surface area (Å²) in [5, 5.41) is 9.69. The number of ether oxygens (including phenoxy) is 2. The molecule has 5 heteroatoms. The Kier molecular flexibility index (Phi) is 63.3. The lowest BCUT2D eigenvalue weighted by molar-refractivity contribution is -0.161. The highest BCUT2D eigenvalue weighted by atomic mass is 16.6. The summed E-state index contributed by atoms with van der Waals surface area (Å²) in [4.78, 5) is 24.6. The molecule has 1 atom stereocenters. The third kappa shape index (κ3) is 63.8. The minimum absolute atomic E-state index is 0.0613. The Morgan fingerprint density at radius 3 is 0.867 bits per heavy atom. The van der Waals surface area contributed by atoms with Crippen molar-refractivity contribution in [3.8, 4) is 0 Å². The molecule has 75 heavy (non-hydrogen) atoms. The van der Waals surface area contributed by atoms with Crippen molar-refractivity contribution in [2.45, 2.75) is 347 Å². The number of hydrogen-bond donors (Lipinski definition) is 1. The van der Waals surface area contributed by atoms with Crippen molar-refractivity contribution in [3.05, 3.63) is 72.9 Å². The van der Waals surface area contributed by atoms with E-state index in [1.165, 1.54) is 244 Å². The van der Waals surface area contributed by atoms with Crippen molar-refractivity contribution in [3.63, 3.8) is 0 Å². The predicted octanol–water partition coefficient (Wildman–Crippen LogP) is 22.7. The van der Waals surface area contributed by atoms with E-state index in [0.29, 0.717) is 12.8 Å². The summed E-state index contributed by atoms with van der Waals surface area (Å²) in [6, 6.07) is 0. The Bertz CT molecular complexity index is 1320. The van der Waals surface area contributed by atoms with Gasteiger partial charge < -0.3 is 14.6 Å². The topological polar surface area (TPSA) is 72.8 Å². The Balaban J connectivity index is 3.43. The van der Waals surface area contributed by atoms with Gasteiger partial charge in [-0.15, -0.1) is 0 Å². The number of esters is 2. The number of rotatable bonds is 61. The molecule has 0 bridgehead atoms. The van der Waals surface area contributed by atoms with E-state index in [0.717, 1.165) is 70.6 Å². The van der Waals surface area contributed by atoms with Crippen molar-refractivity contribution < 1.29 is 24.2 Å². The van der Waals surface area contributed by atoms with Crippen LogP contribution in [0.15, 0.2) is 72.9 Å². The molecule has 0 aliphatic carbocycles. The van der Waals surface area contributed by atoms with Gasteiger partial charge in [-0.1, -0.05) is 337 Å². The molecule has 0 spiro atoms. The van der Waals surface area contributed by atoms with Crippen molar-refractivity contribution in [1.29, 1.82) is 0 Å². The largest absolute Gasteiger partial charge is 0.462 e. The van der Waals surface area contributed by atoms with E-state index in [4.69, 9.17) is 9.47 Å². The first-order valence-corrected chi connectivity index (χ1v) is 33.0. The van der Waals surface area contributed by atoms with Gasteiger partial charge in [0.2, 0.25) is 0 Å². The van der Waals surface area contributed by atoms with E-state index in [1.807, 2.05) is 0 Å². The summed E-state index contributed by atoms with van der Waals surface area (Å²) in [5.74, 6) is -0.571. The Morgan fingerprint density at radius 2 is 0.573 bits per heavy atom. The number of hydrogen-bond acceptors (Lipinski definition) is 5. The van der Waals surface area contributed by atoms with Crippen LogP contribution in [0.4, 0.5) is 0 Å². The molecule has 0 amide bonds. The van der Waals surface area contributed by atoms with Gasteiger partial charge in [0, 0.05) is 12.8 Å². The quantitative estimate of drug-likeness (QED) is 0.0373. The maximum atomic E-state index is 12.4. The average Bonchev–Trinajstić information content (AvgIpc) is 3.41. The Labute approximate surface area is 467 Å². The van der Waals surface area contributed by atoms with Crippen LogP contribution in [-0.2, 0) is 19.1 Å². The zero-order valence-corrected chi connectivity index (χ0v) is 50.1. The third-order valence-electron chi connectivity index (χ3n) is 14.8. The van der Waals surface area contributed by atoms with Crippen LogP contribution in [0.2, 0.25) is 0 Å². The lowest BCUT2D eigenvalue weighted by Gasteiger charge is -2.15. The number of carbonyl (C=O) groups is 2. The van der Waals surface area contributed by atoms with Gasteiger partial charge >= 0.3 is 11.9 Å². The van der Waals surface area contributed by atoms with Crippen molar-refractivity contribution in [1.82, 2.24) is 0 Å². The Hall–Kier alpha value is -2.66. The van der Waals surface area contributed by atoms with E-state index in [2.05, 4.69) is 86.8 Å². The lowest BCUT2D eigenvalue weighted by Crippen LogP contribution is -2.28. The van der Waals surface area contributed by atoms with Crippen molar-refractivity contribution in [2.24, 2.45) is 0 Å². The van der Waals surface area contributed by atoms with Gasteiger partial charge in [-0.3, -0.25) is 9.59 Å². The highest BCUT2D eigenvalue weighted by molar-refractivity contribution is 5.70. The van der Waals surface area contributed by atoms with E-state index in [-0.39, 0.29) is 25.2 Å². The normalized spacial score (nSPS) is 12.6. The van der Waals surface area contributed by atoms with Gasteiger partial charge in [0.25, 0.3) is 0 Å². The number of unbranched alkanes of at least 4 members (excludes halogenated alkanes) is 41. The lowest BCUT2D eigenvalue weighted by atomic mass is 10.0. The van der Waals surface area contributed by atoms with Gasteiger partial charge in [0.15, 0.2) is 6.10 Å². The van der Waals surface area contributed by atoms with Crippen LogP contribution in [-0.4, -0.2) is 36.4 Å². The number of carbonyl (C=O) groups excluding carboxylic acids is 2. The SMILES string of the molecule is CC/C=C\C/C=C\C/C=C\C/C=C\C/C=C\C/C=C\CCCCCCCCCCCCCCCCCCCCC(=O)OC(CO)COC(=O)CCCCCCCCCCCCCCCCCCCCCCCCCC. The molecular formula is C70H126O5. The maximum absolute atomic E-state index is 12.4. The number of aliphatic hydroxyl groups is 1. The smallest absolute Gasteiger partial charge is 0.306 e. The molecular weight excluding hydrogens is 921 g/mol. The zero-order valence-electron chi connectivity index (χ0n) is 50.1. The number of allylic oxidation sites excluding steroid dienone is 12. The van der Waals surface area contributed by atoms with E-state index in [9.17, 15) is 14.7 Å². The summed E-state index contributed by atoms with van der Waals surface area (Å²) in [5.41, 5.74) is 0. The van der Waals surface area contributed by atoms with Crippen LogP contribution in [0.1, 0.15) is 341 Å². The second-order valence-corrected chi connectivity index (χ2v) is 22.2. The second-order valence-electron chi connectivity index (χ2n) is 22.2. The molecule has 1 unspecified atom stereocenters. The van der Waals surface area contributed by atoms with E-state index in [1.54, 1.807) is 0 Å². The predicted molar refractivity (Wildman–Crippen MR) is 330 cm³/mol. The van der Waals surface area contributed by atoms with Crippen LogP contribution in [0.5, 0.6) is 0 Å².